The highest BCUT2D eigenvalue weighted by Gasteiger charge is 2.14. The lowest BCUT2D eigenvalue weighted by Crippen LogP contribution is -1.96. The first-order valence-corrected chi connectivity index (χ1v) is 7.06. The van der Waals surface area contributed by atoms with Gasteiger partial charge >= 0.3 is 5.97 Å². The summed E-state index contributed by atoms with van der Waals surface area (Å²) in [5.41, 5.74) is 1.47. The number of carbonyl (C=O) groups is 1. The summed E-state index contributed by atoms with van der Waals surface area (Å²) in [6.45, 7) is 6.20. The smallest absolute Gasteiger partial charge is 0.339 e. The van der Waals surface area contributed by atoms with E-state index < -0.39 is 5.97 Å². The van der Waals surface area contributed by atoms with Crippen LogP contribution in [-0.4, -0.2) is 11.1 Å². The zero-order valence-electron chi connectivity index (χ0n) is 12.6. The number of furan rings is 1. The van der Waals surface area contributed by atoms with Crippen LogP contribution in [0.5, 0.6) is 5.75 Å². The molecular weight excluding hydrogens is 268 g/mol. The summed E-state index contributed by atoms with van der Waals surface area (Å²) in [5.74, 6) is 1.20. The Kier molecular flexibility index (Phi) is 4.68. The van der Waals surface area contributed by atoms with Crippen LogP contribution in [0.4, 0.5) is 0 Å². The Labute approximate surface area is 124 Å². The van der Waals surface area contributed by atoms with Crippen LogP contribution in [0.2, 0.25) is 0 Å². The number of benzene rings is 1. The van der Waals surface area contributed by atoms with Crippen LogP contribution in [0.25, 0.3) is 0 Å². The molecule has 1 unspecified atom stereocenters. The van der Waals surface area contributed by atoms with E-state index in [0.29, 0.717) is 17.4 Å². The SMILES string of the molecule is CCC(C)c1ccc(OCc2cc(C(=O)O)c(C)o2)cc1. The van der Waals surface area contributed by atoms with Crippen molar-refractivity contribution in [1.82, 2.24) is 0 Å². The Bertz CT molecular complexity index is 610. The number of hydrogen-bond acceptors (Lipinski definition) is 3. The van der Waals surface area contributed by atoms with Crippen molar-refractivity contribution in [2.75, 3.05) is 0 Å². The molecule has 0 amide bonds. The first kappa shape index (κ1) is 15.2. The third-order valence-corrected chi connectivity index (χ3v) is 3.64. The van der Waals surface area contributed by atoms with Crippen molar-refractivity contribution >= 4 is 5.97 Å². The van der Waals surface area contributed by atoms with E-state index in [2.05, 4.69) is 26.0 Å². The second-order valence-corrected chi connectivity index (χ2v) is 5.15. The van der Waals surface area contributed by atoms with Crippen LogP contribution >= 0.6 is 0 Å². The predicted molar refractivity (Wildman–Crippen MR) is 79.9 cm³/mol. The minimum Gasteiger partial charge on any atom is -0.486 e. The molecule has 2 rings (SSSR count). The molecule has 0 fully saturated rings. The van der Waals surface area contributed by atoms with Crippen LogP contribution in [0.1, 0.15) is 53.6 Å². The summed E-state index contributed by atoms with van der Waals surface area (Å²) in [4.78, 5) is 10.9. The van der Waals surface area contributed by atoms with E-state index in [1.807, 2.05) is 12.1 Å². The molecule has 21 heavy (non-hydrogen) atoms. The summed E-state index contributed by atoms with van der Waals surface area (Å²) in [6, 6.07) is 9.47. The largest absolute Gasteiger partial charge is 0.486 e. The number of rotatable bonds is 6. The number of ether oxygens (including phenoxy) is 1. The fourth-order valence-corrected chi connectivity index (χ4v) is 2.11. The molecule has 1 atom stereocenters. The van der Waals surface area contributed by atoms with Gasteiger partial charge in [-0.2, -0.15) is 0 Å². The van der Waals surface area contributed by atoms with Crippen molar-refractivity contribution in [3.63, 3.8) is 0 Å². The van der Waals surface area contributed by atoms with Crippen molar-refractivity contribution in [3.05, 3.63) is 53.0 Å². The molecule has 0 aliphatic rings. The molecule has 0 saturated carbocycles. The van der Waals surface area contributed by atoms with Crippen LogP contribution in [-0.2, 0) is 6.61 Å². The first-order chi connectivity index (χ1) is 10.0. The van der Waals surface area contributed by atoms with Gasteiger partial charge in [-0.3, -0.25) is 0 Å². The molecule has 112 valence electrons. The third kappa shape index (κ3) is 3.66. The highest BCUT2D eigenvalue weighted by Crippen LogP contribution is 2.22. The van der Waals surface area contributed by atoms with Crippen LogP contribution in [0.15, 0.2) is 34.7 Å². The lowest BCUT2D eigenvalue weighted by atomic mass is 9.99. The van der Waals surface area contributed by atoms with Gasteiger partial charge in [0.25, 0.3) is 0 Å². The number of aromatic carboxylic acids is 1. The maximum atomic E-state index is 10.9. The number of carboxylic acids is 1. The van der Waals surface area contributed by atoms with Gasteiger partial charge in [0.1, 0.15) is 29.4 Å². The Morgan fingerprint density at radius 2 is 2.00 bits per heavy atom. The van der Waals surface area contributed by atoms with Gasteiger partial charge < -0.3 is 14.3 Å². The molecule has 1 aromatic heterocycles. The van der Waals surface area contributed by atoms with Gasteiger partial charge in [0, 0.05) is 0 Å². The average Bonchev–Trinajstić information content (AvgIpc) is 2.86. The summed E-state index contributed by atoms with van der Waals surface area (Å²) in [6.07, 6.45) is 1.10. The molecule has 0 spiro atoms. The minimum atomic E-state index is -0.986. The van der Waals surface area contributed by atoms with Crippen molar-refractivity contribution < 1.29 is 19.1 Å². The Hall–Kier alpha value is -2.23. The summed E-state index contributed by atoms with van der Waals surface area (Å²) in [7, 11) is 0. The monoisotopic (exact) mass is 288 g/mol. The van der Waals surface area contributed by atoms with Gasteiger partial charge in [0.2, 0.25) is 0 Å². The fraction of sp³-hybridized carbons (Fsp3) is 0.353. The van der Waals surface area contributed by atoms with Gasteiger partial charge in [-0.15, -0.1) is 0 Å². The summed E-state index contributed by atoms with van der Waals surface area (Å²) >= 11 is 0. The predicted octanol–water partition coefficient (Wildman–Crippen LogP) is 4.38. The van der Waals surface area contributed by atoms with Crippen molar-refractivity contribution in [2.45, 2.75) is 39.7 Å². The quantitative estimate of drug-likeness (QED) is 0.857. The normalized spacial score (nSPS) is 12.1. The molecule has 1 aromatic carbocycles. The van der Waals surface area contributed by atoms with E-state index in [9.17, 15) is 4.79 Å². The zero-order chi connectivity index (χ0) is 15.4. The summed E-state index contributed by atoms with van der Waals surface area (Å²) in [5, 5.41) is 8.97. The molecule has 0 aliphatic carbocycles. The van der Waals surface area contributed by atoms with E-state index in [-0.39, 0.29) is 12.2 Å². The number of hydrogen-bond donors (Lipinski definition) is 1. The molecule has 2 aromatic rings. The second kappa shape index (κ2) is 6.48. The van der Waals surface area contributed by atoms with Crippen molar-refractivity contribution in [2.24, 2.45) is 0 Å². The maximum Gasteiger partial charge on any atom is 0.339 e. The van der Waals surface area contributed by atoms with Crippen LogP contribution in [0, 0.1) is 6.92 Å². The molecule has 0 aliphatic heterocycles. The first-order valence-electron chi connectivity index (χ1n) is 7.06. The minimum absolute atomic E-state index is 0.181. The van der Waals surface area contributed by atoms with E-state index in [1.165, 1.54) is 11.6 Å². The van der Waals surface area contributed by atoms with Crippen LogP contribution < -0.4 is 4.74 Å². The highest BCUT2D eigenvalue weighted by molar-refractivity contribution is 5.88. The highest BCUT2D eigenvalue weighted by atomic mass is 16.5. The number of carboxylic acid groups (broad SMARTS) is 1. The van der Waals surface area contributed by atoms with Crippen molar-refractivity contribution in [1.29, 1.82) is 0 Å². The molecule has 1 N–H and O–H groups in total. The van der Waals surface area contributed by atoms with Gasteiger partial charge in [0.15, 0.2) is 0 Å². The van der Waals surface area contributed by atoms with E-state index in [0.717, 1.165) is 12.2 Å². The zero-order valence-corrected chi connectivity index (χ0v) is 12.6. The fourth-order valence-electron chi connectivity index (χ4n) is 2.11. The Morgan fingerprint density at radius 1 is 1.33 bits per heavy atom. The topological polar surface area (TPSA) is 59.7 Å². The standard InChI is InChI=1S/C17H20O4/c1-4-11(2)13-5-7-14(8-6-13)20-10-15-9-16(17(18)19)12(3)21-15/h5-9,11H,4,10H2,1-3H3,(H,18,19). The molecule has 4 nitrogen and oxygen atoms in total. The molecule has 4 heteroatoms. The van der Waals surface area contributed by atoms with Crippen molar-refractivity contribution in [3.8, 4) is 5.75 Å². The average molecular weight is 288 g/mol. The van der Waals surface area contributed by atoms with E-state index in [4.69, 9.17) is 14.3 Å². The molecule has 1 heterocycles. The van der Waals surface area contributed by atoms with Gasteiger partial charge in [-0.05, 0) is 43.0 Å². The maximum absolute atomic E-state index is 10.9. The van der Waals surface area contributed by atoms with Gasteiger partial charge in [-0.1, -0.05) is 26.0 Å². The Morgan fingerprint density at radius 3 is 2.52 bits per heavy atom. The lowest BCUT2D eigenvalue weighted by Gasteiger charge is -2.10. The molecule has 0 radical (unpaired) electrons. The third-order valence-electron chi connectivity index (χ3n) is 3.64. The summed E-state index contributed by atoms with van der Waals surface area (Å²) < 4.78 is 11.0. The molecule has 0 bridgehead atoms. The van der Waals surface area contributed by atoms with Gasteiger partial charge in [-0.25, -0.2) is 4.79 Å². The molecular formula is C17H20O4. The van der Waals surface area contributed by atoms with Crippen LogP contribution in [0.3, 0.4) is 0 Å². The Balaban J connectivity index is 2.00. The lowest BCUT2D eigenvalue weighted by molar-refractivity contribution is 0.0695. The van der Waals surface area contributed by atoms with Gasteiger partial charge in [0.05, 0.1) is 0 Å². The molecule has 0 saturated heterocycles. The number of aryl methyl sites for hydroxylation is 1. The van der Waals surface area contributed by atoms with E-state index >= 15 is 0 Å². The van der Waals surface area contributed by atoms with E-state index in [1.54, 1.807) is 6.92 Å². The second-order valence-electron chi connectivity index (χ2n) is 5.15.